The van der Waals surface area contributed by atoms with Crippen LogP contribution < -0.4 is 11.2 Å². The van der Waals surface area contributed by atoms with E-state index in [0.717, 1.165) is 23.3 Å². The number of aryl methyl sites for hydroxylation is 3. The maximum atomic E-state index is 13.1. The number of rotatable bonds is 5. The third-order valence-electron chi connectivity index (χ3n) is 6.43. The SMILES string of the molecule is CCc1nc2ccccc2n1CCC(=O)N1CC[C@@](C)(O)[C@H](n2cc(C)c(=O)[nH]c2=O)C1. The first kappa shape index (κ1) is 22.0. The number of hydrogen-bond acceptors (Lipinski definition) is 5. The molecule has 0 radical (unpaired) electrons. The molecule has 2 atom stereocenters. The van der Waals surface area contributed by atoms with Crippen molar-refractivity contribution in [1.29, 1.82) is 0 Å². The quantitative estimate of drug-likeness (QED) is 0.623. The van der Waals surface area contributed by atoms with Crippen molar-refractivity contribution in [3.05, 3.63) is 62.7 Å². The fourth-order valence-electron chi connectivity index (χ4n) is 4.47. The number of imidazole rings is 1. The van der Waals surface area contributed by atoms with E-state index in [0.29, 0.717) is 31.5 Å². The fourth-order valence-corrected chi connectivity index (χ4v) is 4.47. The normalized spacial score (nSPS) is 21.2. The molecule has 1 amide bonds. The zero-order valence-electron chi connectivity index (χ0n) is 18.7. The smallest absolute Gasteiger partial charge is 0.328 e. The monoisotopic (exact) mass is 439 g/mol. The van der Waals surface area contributed by atoms with Gasteiger partial charge in [0.1, 0.15) is 5.82 Å². The second-order valence-corrected chi connectivity index (χ2v) is 8.71. The molecular weight excluding hydrogens is 410 g/mol. The van der Waals surface area contributed by atoms with E-state index in [4.69, 9.17) is 0 Å². The molecule has 1 aliphatic rings. The minimum atomic E-state index is -1.18. The number of para-hydroxylation sites is 2. The van der Waals surface area contributed by atoms with Crippen molar-refractivity contribution < 1.29 is 9.90 Å². The Morgan fingerprint density at radius 1 is 1.31 bits per heavy atom. The van der Waals surface area contributed by atoms with Gasteiger partial charge in [0.2, 0.25) is 5.91 Å². The second-order valence-electron chi connectivity index (χ2n) is 8.71. The van der Waals surface area contributed by atoms with Gasteiger partial charge in [-0.1, -0.05) is 19.1 Å². The number of piperidine rings is 1. The zero-order chi connectivity index (χ0) is 23.0. The highest BCUT2D eigenvalue weighted by Gasteiger charge is 2.40. The van der Waals surface area contributed by atoms with Crippen molar-refractivity contribution in [1.82, 2.24) is 24.0 Å². The van der Waals surface area contributed by atoms with Crippen LogP contribution in [0.4, 0.5) is 0 Å². The average Bonchev–Trinajstić information content (AvgIpc) is 3.12. The lowest BCUT2D eigenvalue weighted by atomic mass is 9.88. The average molecular weight is 440 g/mol. The van der Waals surface area contributed by atoms with Gasteiger partial charge in [0.25, 0.3) is 5.56 Å². The van der Waals surface area contributed by atoms with E-state index in [1.54, 1.807) is 18.7 Å². The number of carbonyl (C=O) groups is 1. The summed E-state index contributed by atoms with van der Waals surface area (Å²) in [6.07, 6.45) is 2.86. The molecule has 2 aromatic heterocycles. The highest BCUT2D eigenvalue weighted by atomic mass is 16.3. The van der Waals surface area contributed by atoms with Gasteiger partial charge in [-0.25, -0.2) is 9.78 Å². The van der Waals surface area contributed by atoms with E-state index in [9.17, 15) is 19.5 Å². The lowest BCUT2D eigenvalue weighted by molar-refractivity contribution is -0.138. The molecule has 0 aliphatic carbocycles. The molecule has 2 N–H and O–H groups in total. The van der Waals surface area contributed by atoms with E-state index in [1.165, 1.54) is 10.8 Å². The summed E-state index contributed by atoms with van der Waals surface area (Å²) < 4.78 is 3.43. The van der Waals surface area contributed by atoms with Crippen LogP contribution in [0, 0.1) is 6.92 Å². The van der Waals surface area contributed by atoms with Crippen LogP contribution in [-0.2, 0) is 17.8 Å². The lowest BCUT2D eigenvalue weighted by Crippen LogP contribution is -2.55. The van der Waals surface area contributed by atoms with Crippen LogP contribution in [0.5, 0.6) is 0 Å². The molecule has 3 heterocycles. The number of aromatic amines is 1. The Bertz CT molecular complexity index is 1270. The van der Waals surface area contributed by atoms with Gasteiger partial charge < -0.3 is 14.6 Å². The van der Waals surface area contributed by atoms with E-state index < -0.39 is 22.9 Å². The Balaban J connectivity index is 1.54. The third-order valence-corrected chi connectivity index (χ3v) is 6.43. The number of benzene rings is 1. The molecule has 32 heavy (non-hydrogen) atoms. The van der Waals surface area contributed by atoms with Gasteiger partial charge in [0.05, 0.1) is 22.7 Å². The molecule has 0 unspecified atom stereocenters. The Kier molecular flexibility index (Phi) is 5.77. The third kappa shape index (κ3) is 4.00. The number of H-pyrrole nitrogens is 1. The number of fused-ring (bicyclic) bond motifs is 1. The Hall–Kier alpha value is -3.20. The number of nitrogens with one attached hydrogen (secondary N) is 1. The standard InChI is InChI=1S/C23H29N5O4/c1-4-19-24-16-7-5-6-8-17(16)27(19)11-9-20(29)26-12-10-23(3,32)18(14-26)28-13-15(2)21(30)25-22(28)31/h5-8,13,18,32H,4,9-12,14H2,1-3H3,(H,25,30,31)/t18-,23-/m1/s1. The van der Waals surface area contributed by atoms with E-state index in [1.807, 2.05) is 31.2 Å². The highest BCUT2D eigenvalue weighted by molar-refractivity contribution is 5.78. The summed E-state index contributed by atoms with van der Waals surface area (Å²) in [5.41, 5.74) is 0.0846. The molecule has 9 nitrogen and oxygen atoms in total. The molecule has 9 heteroatoms. The predicted octanol–water partition coefficient (Wildman–Crippen LogP) is 1.37. The molecule has 0 saturated carbocycles. The number of hydrogen-bond donors (Lipinski definition) is 2. The van der Waals surface area contributed by atoms with Gasteiger partial charge in [-0.15, -0.1) is 0 Å². The number of likely N-dealkylation sites (tertiary alicyclic amines) is 1. The number of nitrogens with zero attached hydrogens (tertiary/aromatic N) is 4. The summed E-state index contributed by atoms with van der Waals surface area (Å²) in [6, 6.07) is 7.23. The number of aliphatic hydroxyl groups is 1. The summed E-state index contributed by atoms with van der Waals surface area (Å²) >= 11 is 0. The van der Waals surface area contributed by atoms with Crippen LogP contribution in [0.3, 0.4) is 0 Å². The molecule has 4 rings (SSSR count). The predicted molar refractivity (Wildman–Crippen MR) is 121 cm³/mol. The fraction of sp³-hybridized carbons (Fsp3) is 0.478. The minimum absolute atomic E-state index is 0.0421. The van der Waals surface area contributed by atoms with Gasteiger partial charge >= 0.3 is 5.69 Å². The van der Waals surface area contributed by atoms with Gasteiger partial charge in [-0.2, -0.15) is 0 Å². The number of amides is 1. The molecule has 3 aromatic rings. The zero-order valence-corrected chi connectivity index (χ0v) is 18.7. The van der Waals surface area contributed by atoms with Crippen molar-refractivity contribution in [2.24, 2.45) is 0 Å². The summed E-state index contributed by atoms with van der Waals surface area (Å²) in [5, 5.41) is 10.9. The summed E-state index contributed by atoms with van der Waals surface area (Å²) in [4.78, 5) is 45.9. The Morgan fingerprint density at radius 3 is 2.81 bits per heavy atom. The van der Waals surface area contributed by atoms with Gasteiger partial charge in [-0.3, -0.25) is 19.1 Å². The second kappa shape index (κ2) is 8.38. The Labute approximate surface area is 185 Å². The van der Waals surface area contributed by atoms with Crippen molar-refractivity contribution >= 4 is 16.9 Å². The summed E-state index contributed by atoms with van der Waals surface area (Å²) in [5.74, 6) is 0.897. The van der Waals surface area contributed by atoms with Crippen molar-refractivity contribution in [2.45, 2.75) is 58.2 Å². The van der Waals surface area contributed by atoms with Gasteiger partial charge in [0, 0.05) is 44.2 Å². The van der Waals surface area contributed by atoms with Crippen LogP contribution in [0.2, 0.25) is 0 Å². The van der Waals surface area contributed by atoms with Crippen molar-refractivity contribution in [3.63, 3.8) is 0 Å². The lowest BCUT2D eigenvalue weighted by Gasteiger charge is -2.43. The van der Waals surface area contributed by atoms with Crippen LogP contribution in [0.15, 0.2) is 40.1 Å². The first-order chi connectivity index (χ1) is 15.2. The van der Waals surface area contributed by atoms with Crippen LogP contribution >= 0.6 is 0 Å². The first-order valence-corrected chi connectivity index (χ1v) is 11.0. The van der Waals surface area contributed by atoms with Crippen LogP contribution in [-0.4, -0.2) is 53.7 Å². The van der Waals surface area contributed by atoms with Crippen molar-refractivity contribution in [2.75, 3.05) is 13.1 Å². The molecule has 1 saturated heterocycles. The number of carbonyl (C=O) groups excluding carboxylic acids is 1. The number of aromatic nitrogens is 4. The molecular formula is C23H29N5O4. The first-order valence-electron chi connectivity index (χ1n) is 11.0. The van der Waals surface area contributed by atoms with Crippen LogP contribution in [0.25, 0.3) is 11.0 Å². The maximum Gasteiger partial charge on any atom is 0.328 e. The molecule has 0 bridgehead atoms. The minimum Gasteiger partial charge on any atom is -0.388 e. The molecule has 170 valence electrons. The van der Waals surface area contributed by atoms with Crippen LogP contribution in [0.1, 0.15) is 44.1 Å². The van der Waals surface area contributed by atoms with E-state index >= 15 is 0 Å². The topological polar surface area (TPSA) is 113 Å². The highest BCUT2D eigenvalue weighted by Crippen LogP contribution is 2.31. The van der Waals surface area contributed by atoms with E-state index in [2.05, 4.69) is 14.5 Å². The molecule has 1 aliphatic heterocycles. The maximum absolute atomic E-state index is 13.1. The summed E-state index contributed by atoms with van der Waals surface area (Å²) in [7, 11) is 0. The molecule has 1 aromatic carbocycles. The van der Waals surface area contributed by atoms with Crippen molar-refractivity contribution in [3.8, 4) is 0 Å². The summed E-state index contributed by atoms with van der Waals surface area (Å²) in [6.45, 7) is 6.43. The molecule has 1 fully saturated rings. The molecule has 0 spiro atoms. The Morgan fingerprint density at radius 2 is 2.06 bits per heavy atom. The largest absolute Gasteiger partial charge is 0.388 e. The van der Waals surface area contributed by atoms with Gasteiger partial charge in [-0.05, 0) is 32.4 Å². The van der Waals surface area contributed by atoms with E-state index in [-0.39, 0.29) is 12.5 Å². The van der Waals surface area contributed by atoms with Gasteiger partial charge in [0.15, 0.2) is 0 Å².